The number of hydrogen-bond acceptors (Lipinski definition) is 4. The van der Waals surface area contributed by atoms with E-state index in [1.165, 1.54) is 24.0 Å². The van der Waals surface area contributed by atoms with Crippen LogP contribution in [-0.2, 0) is 17.6 Å². The number of carbonyl (C=O) groups excluding carboxylic acids is 2. The van der Waals surface area contributed by atoms with Crippen molar-refractivity contribution >= 4 is 23.2 Å². The average Bonchev–Trinajstić information content (AvgIpc) is 3.20. The number of hydrogen-bond donors (Lipinski definition) is 2. The van der Waals surface area contributed by atoms with E-state index in [-0.39, 0.29) is 12.5 Å². The van der Waals surface area contributed by atoms with Crippen molar-refractivity contribution in [1.82, 2.24) is 0 Å². The molecule has 6 heteroatoms. The number of anilines is 2. The van der Waals surface area contributed by atoms with E-state index in [0.717, 1.165) is 44.5 Å². The summed E-state index contributed by atoms with van der Waals surface area (Å²) in [6, 6.07) is 11.3. The van der Waals surface area contributed by atoms with Gasteiger partial charge < -0.3 is 20.7 Å². The molecule has 2 aliphatic rings. The number of amides is 2. The van der Waals surface area contributed by atoms with E-state index in [2.05, 4.69) is 16.3 Å². The lowest BCUT2D eigenvalue weighted by atomic mass is 10.1. The maximum Gasteiger partial charge on any atom is 0.262 e. The van der Waals surface area contributed by atoms with Gasteiger partial charge in [-0.2, -0.15) is 0 Å². The standard InChI is InChI=1S/C23H27N3O3/c24-23(28)18-8-10-21(26-11-2-1-3-12-26)20(14-18)25-22(27)15-29-19-9-7-16-5-4-6-17(16)13-19/h7-10,13-14H,1-6,11-12,15H2,(H2,24,28)(H,25,27). The van der Waals surface area contributed by atoms with Gasteiger partial charge in [0.25, 0.3) is 5.91 Å². The van der Waals surface area contributed by atoms with Crippen molar-refractivity contribution in [2.45, 2.75) is 38.5 Å². The molecule has 0 unspecified atom stereocenters. The fourth-order valence-corrected chi connectivity index (χ4v) is 4.17. The van der Waals surface area contributed by atoms with E-state index in [0.29, 0.717) is 17.0 Å². The van der Waals surface area contributed by atoms with Crippen LogP contribution in [0.3, 0.4) is 0 Å². The molecule has 0 aromatic heterocycles. The molecule has 0 radical (unpaired) electrons. The zero-order chi connectivity index (χ0) is 20.2. The maximum absolute atomic E-state index is 12.6. The van der Waals surface area contributed by atoms with Crippen molar-refractivity contribution in [3.8, 4) is 5.75 Å². The number of fused-ring (bicyclic) bond motifs is 1. The largest absolute Gasteiger partial charge is 0.484 e. The Morgan fingerprint density at radius 1 is 0.966 bits per heavy atom. The highest BCUT2D eigenvalue weighted by molar-refractivity contribution is 5.99. The molecule has 3 N–H and O–H groups in total. The van der Waals surface area contributed by atoms with E-state index in [4.69, 9.17) is 10.5 Å². The number of benzene rings is 2. The molecule has 2 aromatic carbocycles. The Bertz CT molecular complexity index is 920. The summed E-state index contributed by atoms with van der Waals surface area (Å²) in [5.41, 5.74) is 10.0. The Kier molecular flexibility index (Phi) is 5.69. The fourth-order valence-electron chi connectivity index (χ4n) is 4.17. The van der Waals surface area contributed by atoms with Crippen LogP contribution in [0.4, 0.5) is 11.4 Å². The predicted octanol–water partition coefficient (Wildman–Crippen LogP) is 3.28. The molecular formula is C23H27N3O3. The van der Waals surface area contributed by atoms with Crippen molar-refractivity contribution in [2.24, 2.45) is 5.73 Å². The van der Waals surface area contributed by atoms with Gasteiger partial charge in [0.05, 0.1) is 11.4 Å². The smallest absolute Gasteiger partial charge is 0.262 e. The van der Waals surface area contributed by atoms with Gasteiger partial charge >= 0.3 is 0 Å². The van der Waals surface area contributed by atoms with Gasteiger partial charge in [-0.3, -0.25) is 9.59 Å². The van der Waals surface area contributed by atoms with E-state index < -0.39 is 5.91 Å². The average molecular weight is 393 g/mol. The van der Waals surface area contributed by atoms with Gasteiger partial charge in [0.2, 0.25) is 5.91 Å². The molecule has 2 aromatic rings. The molecule has 0 atom stereocenters. The van der Waals surface area contributed by atoms with Gasteiger partial charge in [0, 0.05) is 18.7 Å². The van der Waals surface area contributed by atoms with Gasteiger partial charge in [-0.05, 0) is 80.0 Å². The topological polar surface area (TPSA) is 84.7 Å². The Morgan fingerprint density at radius 2 is 1.76 bits per heavy atom. The number of rotatable bonds is 6. The highest BCUT2D eigenvalue weighted by Crippen LogP contribution is 2.30. The summed E-state index contributed by atoms with van der Waals surface area (Å²) in [5, 5.41) is 2.91. The zero-order valence-electron chi connectivity index (χ0n) is 16.6. The minimum absolute atomic E-state index is 0.0843. The first-order valence-corrected chi connectivity index (χ1v) is 10.3. The van der Waals surface area contributed by atoms with Crippen LogP contribution < -0.4 is 20.7 Å². The lowest BCUT2D eigenvalue weighted by molar-refractivity contribution is -0.118. The molecule has 2 amide bonds. The Hall–Kier alpha value is -3.02. The number of nitrogens with one attached hydrogen (secondary N) is 1. The summed E-state index contributed by atoms with van der Waals surface area (Å²) >= 11 is 0. The van der Waals surface area contributed by atoms with Gasteiger partial charge in [-0.15, -0.1) is 0 Å². The zero-order valence-corrected chi connectivity index (χ0v) is 16.6. The lowest BCUT2D eigenvalue weighted by Gasteiger charge is -2.30. The highest BCUT2D eigenvalue weighted by Gasteiger charge is 2.18. The van der Waals surface area contributed by atoms with E-state index in [1.807, 2.05) is 18.2 Å². The Morgan fingerprint density at radius 3 is 2.55 bits per heavy atom. The number of nitrogens with zero attached hydrogens (tertiary/aromatic N) is 1. The summed E-state index contributed by atoms with van der Waals surface area (Å²) in [4.78, 5) is 26.4. The number of ether oxygens (including phenoxy) is 1. The molecule has 1 saturated heterocycles. The minimum Gasteiger partial charge on any atom is -0.484 e. The van der Waals surface area contributed by atoms with Crippen LogP contribution in [0.25, 0.3) is 0 Å². The molecular weight excluding hydrogens is 366 g/mol. The monoisotopic (exact) mass is 393 g/mol. The molecule has 0 saturated carbocycles. The van der Waals surface area contributed by atoms with Crippen molar-refractivity contribution < 1.29 is 14.3 Å². The minimum atomic E-state index is -0.514. The normalized spacial score (nSPS) is 15.7. The molecule has 1 aliphatic heterocycles. The van der Waals surface area contributed by atoms with Crippen molar-refractivity contribution in [3.63, 3.8) is 0 Å². The van der Waals surface area contributed by atoms with Crippen LogP contribution in [0, 0.1) is 0 Å². The third kappa shape index (κ3) is 4.53. The quantitative estimate of drug-likeness (QED) is 0.789. The molecule has 0 spiro atoms. The number of piperidine rings is 1. The molecule has 1 heterocycles. The van der Waals surface area contributed by atoms with Crippen LogP contribution in [0.2, 0.25) is 0 Å². The first-order valence-electron chi connectivity index (χ1n) is 10.3. The third-order valence-electron chi connectivity index (χ3n) is 5.69. The number of aryl methyl sites for hydroxylation is 2. The Balaban J connectivity index is 1.45. The highest BCUT2D eigenvalue weighted by atomic mass is 16.5. The lowest BCUT2D eigenvalue weighted by Crippen LogP contribution is -2.31. The van der Waals surface area contributed by atoms with Crippen LogP contribution in [0.15, 0.2) is 36.4 Å². The van der Waals surface area contributed by atoms with E-state index in [9.17, 15) is 9.59 Å². The van der Waals surface area contributed by atoms with E-state index >= 15 is 0 Å². The second-order valence-electron chi connectivity index (χ2n) is 7.76. The van der Waals surface area contributed by atoms with Crippen molar-refractivity contribution in [3.05, 3.63) is 53.1 Å². The Labute approximate surface area is 171 Å². The van der Waals surface area contributed by atoms with Gasteiger partial charge in [-0.1, -0.05) is 6.07 Å². The third-order valence-corrected chi connectivity index (χ3v) is 5.69. The second-order valence-corrected chi connectivity index (χ2v) is 7.76. The molecule has 152 valence electrons. The summed E-state index contributed by atoms with van der Waals surface area (Å²) in [5.74, 6) is -0.0617. The van der Waals surface area contributed by atoms with Crippen LogP contribution in [-0.4, -0.2) is 31.5 Å². The fraction of sp³-hybridized carbons (Fsp3) is 0.391. The number of carbonyl (C=O) groups is 2. The molecule has 1 aliphatic carbocycles. The van der Waals surface area contributed by atoms with E-state index in [1.54, 1.807) is 12.1 Å². The summed E-state index contributed by atoms with van der Waals surface area (Å²) in [6.07, 6.45) is 6.81. The second kappa shape index (κ2) is 8.55. The van der Waals surface area contributed by atoms with Crippen LogP contribution in [0.5, 0.6) is 5.75 Å². The molecule has 1 fully saturated rings. The van der Waals surface area contributed by atoms with Crippen molar-refractivity contribution in [1.29, 1.82) is 0 Å². The van der Waals surface area contributed by atoms with Crippen LogP contribution >= 0.6 is 0 Å². The number of nitrogens with two attached hydrogens (primary N) is 1. The molecule has 4 rings (SSSR count). The van der Waals surface area contributed by atoms with Crippen LogP contribution in [0.1, 0.15) is 47.2 Å². The predicted molar refractivity (Wildman–Crippen MR) is 114 cm³/mol. The summed E-state index contributed by atoms with van der Waals surface area (Å²) < 4.78 is 5.71. The van der Waals surface area contributed by atoms with Crippen molar-refractivity contribution in [2.75, 3.05) is 29.9 Å². The maximum atomic E-state index is 12.6. The molecule has 0 bridgehead atoms. The first kappa shape index (κ1) is 19.3. The van der Waals surface area contributed by atoms with Gasteiger partial charge in [-0.25, -0.2) is 0 Å². The molecule has 29 heavy (non-hydrogen) atoms. The summed E-state index contributed by atoms with van der Waals surface area (Å²) in [6.45, 7) is 1.79. The number of primary amides is 1. The van der Waals surface area contributed by atoms with Gasteiger partial charge in [0.15, 0.2) is 6.61 Å². The first-order chi connectivity index (χ1) is 14.1. The van der Waals surface area contributed by atoms with Gasteiger partial charge in [0.1, 0.15) is 5.75 Å². The summed E-state index contributed by atoms with van der Waals surface area (Å²) in [7, 11) is 0. The molecule has 6 nitrogen and oxygen atoms in total. The SMILES string of the molecule is NC(=O)c1ccc(N2CCCCC2)c(NC(=O)COc2ccc3c(c2)CCC3)c1.